The standard InChI is InChI=1S/C12H12N4OS/c1-16(10-6-11(17)15-7-14-10)9-4-2-3-8(5-9)12(13)18/h2-7H,1H3,(H2,13,18)(H,14,15,17). The molecule has 0 saturated heterocycles. The van der Waals surface area contributed by atoms with E-state index < -0.39 is 0 Å². The second-order valence-corrected chi connectivity index (χ2v) is 4.18. The van der Waals surface area contributed by atoms with Crippen LogP contribution in [0.2, 0.25) is 0 Å². The highest BCUT2D eigenvalue weighted by Crippen LogP contribution is 2.21. The van der Waals surface area contributed by atoms with E-state index in [9.17, 15) is 4.79 Å². The molecule has 0 radical (unpaired) electrons. The minimum atomic E-state index is -0.197. The van der Waals surface area contributed by atoms with Crippen LogP contribution in [0.1, 0.15) is 5.56 Å². The van der Waals surface area contributed by atoms with E-state index in [1.165, 1.54) is 12.4 Å². The van der Waals surface area contributed by atoms with Crippen LogP contribution >= 0.6 is 12.2 Å². The Morgan fingerprint density at radius 2 is 2.22 bits per heavy atom. The van der Waals surface area contributed by atoms with Crippen molar-refractivity contribution in [2.75, 3.05) is 11.9 Å². The highest BCUT2D eigenvalue weighted by Gasteiger charge is 2.07. The monoisotopic (exact) mass is 260 g/mol. The zero-order chi connectivity index (χ0) is 13.1. The molecule has 3 N–H and O–H groups in total. The van der Waals surface area contributed by atoms with Crippen molar-refractivity contribution in [2.24, 2.45) is 5.73 Å². The third kappa shape index (κ3) is 2.54. The van der Waals surface area contributed by atoms with Crippen LogP contribution in [-0.4, -0.2) is 22.0 Å². The van der Waals surface area contributed by atoms with Crippen LogP contribution in [0, 0.1) is 0 Å². The van der Waals surface area contributed by atoms with Gasteiger partial charge in [0.1, 0.15) is 10.8 Å². The molecule has 0 amide bonds. The number of thiocarbonyl (C=S) groups is 1. The first-order chi connectivity index (χ1) is 8.58. The summed E-state index contributed by atoms with van der Waals surface area (Å²) in [5.74, 6) is 0.554. The van der Waals surface area contributed by atoms with E-state index in [4.69, 9.17) is 18.0 Å². The number of rotatable bonds is 3. The third-order valence-electron chi connectivity index (χ3n) is 2.53. The number of aromatic amines is 1. The van der Waals surface area contributed by atoms with E-state index in [1.54, 1.807) is 4.90 Å². The van der Waals surface area contributed by atoms with E-state index >= 15 is 0 Å². The molecule has 0 aliphatic carbocycles. The van der Waals surface area contributed by atoms with E-state index in [1.807, 2.05) is 31.3 Å². The minimum Gasteiger partial charge on any atom is -0.389 e. The Labute approximate surface area is 109 Å². The number of benzene rings is 1. The van der Waals surface area contributed by atoms with Crippen LogP contribution in [0.5, 0.6) is 0 Å². The largest absolute Gasteiger partial charge is 0.389 e. The fourth-order valence-electron chi connectivity index (χ4n) is 1.54. The van der Waals surface area contributed by atoms with Gasteiger partial charge in [-0.2, -0.15) is 0 Å². The molecule has 0 aliphatic heterocycles. The van der Waals surface area contributed by atoms with E-state index in [0.717, 1.165) is 11.3 Å². The molecule has 1 aromatic heterocycles. The van der Waals surface area contributed by atoms with Gasteiger partial charge in [-0.1, -0.05) is 24.4 Å². The van der Waals surface area contributed by atoms with Gasteiger partial charge in [0, 0.05) is 24.4 Å². The minimum absolute atomic E-state index is 0.197. The predicted molar refractivity (Wildman–Crippen MR) is 75.3 cm³/mol. The van der Waals surface area contributed by atoms with Gasteiger partial charge in [0.05, 0.1) is 6.33 Å². The topological polar surface area (TPSA) is 75.0 Å². The summed E-state index contributed by atoms with van der Waals surface area (Å²) in [6.45, 7) is 0. The Bertz CT molecular complexity index is 638. The SMILES string of the molecule is CN(c1cccc(C(N)=S)c1)c1cc(=O)[nH]cn1. The van der Waals surface area contributed by atoms with Gasteiger partial charge in [0.15, 0.2) is 0 Å². The van der Waals surface area contributed by atoms with Gasteiger partial charge in [-0.15, -0.1) is 0 Å². The number of hydrogen-bond acceptors (Lipinski definition) is 4. The van der Waals surface area contributed by atoms with Gasteiger partial charge >= 0.3 is 0 Å². The summed E-state index contributed by atoms with van der Waals surface area (Å²) in [5, 5.41) is 0. The summed E-state index contributed by atoms with van der Waals surface area (Å²) in [6.07, 6.45) is 1.37. The Balaban J connectivity index is 2.39. The first-order valence-electron chi connectivity index (χ1n) is 5.26. The molecular weight excluding hydrogens is 248 g/mol. The summed E-state index contributed by atoms with van der Waals surface area (Å²) < 4.78 is 0. The molecule has 0 unspecified atom stereocenters. The smallest absolute Gasteiger partial charge is 0.252 e. The zero-order valence-electron chi connectivity index (χ0n) is 9.75. The van der Waals surface area contributed by atoms with Crippen molar-refractivity contribution in [3.8, 4) is 0 Å². The van der Waals surface area contributed by atoms with Gasteiger partial charge in [0.25, 0.3) is 5.56 Å². The highest BCUT2D eigenvalue weighted by atomic mass is 32.1. The molecule has 0 bridgehead atoms. The maximum absolute atomic E-state index is 11.2. The lowest BCUT2D eigenvalue weighted by molar-refractivity contribution is 1.05. The number of anilines is 2. The fraction of sp³-hybridized carbons (Fsp3) is 0.0833. The number of aromatic nitrogens is 2. The van der Waals surface area contributed by atoms with E-state index in [-0.39, 0.29) is 5.56 Å². The summed E-state index contributed by atoms with van der Waals surface area (Å²) >= 11 is 4.93. The molecule has 18 heavy (non-hydrogen) atoms. The number of hydrogen-bond donors (Lipinski definition) is 2. The Morgan fingerprint density at radius 3 is 2.89 bits per heavy atom. The number of nitrogens with two attached hydrogens (primary N) is 1. The van der Waals surface area contributed by atoms with Crippen molar-refractivity contribution in [1.29, 1.82) is 0 Å². The number of nitrogens with one attached hydrogen (secondary N) is 1. The molecule has 0 saturated carbocycles. The van der Waals surface area contributed by atoms with Crippen molar-refractivity contribution in [2.45, 2.75) is 0 Å². The lowest BCUT2D eigenvalue weighted by atomic mass is 10.2. The molecule has 0 aliphatic rings. The molecule has 5 nitrogen and oxygen atoms in total. The second-order valence-electron chi connectivity index (χ2n) is 3.74. The van der Waals surface area contributed by atoms with Crippen LogP contribution in [0.4, 0.5) is 11.5 Å². The van der Waals surface area contributed by atoms with Crippen molar-refractivity contribution in [1.82, 2.24) is 9.97 Å². The molecule has 1 heterocycles. The molecule has 1 aromatic carbocycles. The summed E-state index contributed by atoms with van der Waals surface area (Å²) in [7, 11) is 1.82. The van der Waals surface area contributed by atoms with Crippen molar-refractivity contribution in [3.05, 3.63) is 52.6 Å². The molecule has 2 aromatic rings. The summed E-state index contributed by atoms with van der Waals surface area (Å²) in [5.41, 5.74) is 7.03. The van der Waals surface area contributed by atoms with Crippen LogP contribution in [0.15, 0.2) is 41.5 Å². The Kier molecular flexibility index (Phi) is 3.38. The van der Waals surface area contributed by atoms with Crippen molar-refractivity contribution in [3.63, 3.8) is 0 Å². The Morgan fingerprint density at radius 1 is 1.44 bits per heavy atom. The number of nitrogens with zero attached hydrogens (tertiary/aromatic N) is 2. The van der Waals surface area contributed by atoms with Crippen LogP contribution in [0.25, 0.3) is 0 Å². The third-order valence-corrected chi connectivity index (χ3v) is 2.76. The van der Waals surface area contributed by atoms with Crippen LogP contribution in [0.3, 0.4) is 0 Å². The van der Waals surface area contributed by atoms with E-state index in [0.29, 0.717) is 10.8 Å². The fourth-order valence-corrected chi connectivity index (χ4v) is 1.67. The van der Waals surface area contributed by atoms with Gasteiger partial charge < -0.3 is 15.6 Å². The van der Waals surface area contributed by atoms with Crippen LogP contribution < -0.4 is 16.2 Å². The second kappa shape index (κ2) is 4.97. The average molecular weight is 260 g/mol. The molecular formula is C12H12N4OS. The zero-order valence-corrected chi connectivity index (χ0v) is 10.6. The molecule has 0 spiro atoms. The molecule has 6 heteroatoms. The van der Waals surface area contributed by atoms with Gasteiger partial charge in [-0.25, -0.2) is 4.98 Å². The van der Waals surface area contributed by atoms with E-state index in [2.05, 4.69) is 9.97 Å². The average Bonchev–Trinajstić information content (AvgIpc) is 2.38. The molecule has 0 fully saturated rings. The predicted octanol–water partition coefficient (Wildman–Crippen LogP) is 1.17. The molecule has 2 rings (SSSR count). The summed E-state index contributed by atoms with van der Waals surface area (Å²) in [4.78, 5) is 19.9. The van der Waals surface area contributed by atoms with Gasteiger partial charge in [0.2, 0.25) is 0 Å². The molecule has 92 valence electrons. The first kappa shape index (κ1) is 12.3. The Hall–Kier alpha value is -2.21. The van der Waals surface area contributed by atoms with Gasteiger partial charge in [-0.05, 0) is 12.1 Å². The first-order valence-corrected chi connectivity index (χ1v) is 5.67. The summed E-state index contributed by atoms with van der Waals surface area (Å²) in [6, 6.07) is 8.86. The lowest BCUT2D eigenvalue weighted by Gasteiger charge is -2.18. The maximum Gasteiger partial charge on any atom is 0.252 e. The maximum atomic E-state index is 11.2. The van der Waals surface area contributed by atoms with Crippen LogP contribution in [-0.2, 0) is 0 Å². The normalized spacial score (nSPS) is 10.1. The number of H-pyrrole nitrogens is 1. The van der Waals surface area contributed by atoms with Gasteiger partial charge in [-0.3, -0.25) is 4.79 Å². The highest BCUT2D eigenvalue weighted by molar-refractivity contribution is 7.80. The quantitative estimate of drug-likeness (QED) is 0.810. The lowest BCUT2D eigenvalue weighted by Crippen LogP contribution is -2.16. The molecule has 0 atom stereocenters. The van der Waals surface area contributed by atoms with Crippen molar-refractivity contribution >= 4 is 28.7 Å². The van der Waals surface area contributed by atoms with Crippen molar-refractivity contribution < 1.29 is 0 Å².